The van der Waals surface area contributed by atoms with Crippen LogP contribution in [0.5, 0.6) is 0 Å². The zero-order chi connectivity index (χ0) is 22.4. The summed E-state index contributed by atoms with van der Waals surface area (Å²) in [7, 11) is 0. The zero-order valence-corrected chi connectivity index (χ0v) is 17.4. The summed E-state index contributed by atoms with van der Waals surface area (Å²) in [4.78, 5) is 24.7. The van der Waals surface area contributed by atoms with Crippen LogP contribution in [0.25, 0.3) is 0 Å². The van der Waals surface area contributed by atoms with Crippen LogP contribution in [-0.2, 0) is 9.47 Å². The van der Waals surface area contributed by atoms with E-state index in [1.54, 1.807) is 38.1 Å². The molecule has 0 heterocycles. The summed E-state index contributed by atoms with van der Waals surface area (Å²) in [5, 5.41) is 17.5. The van der Waals surface area contributed by atoms with Crippen LogP contribution in [0, 0.1) is 33.1 Å². The highest BCUT2D eigenvalue weighted by Gasteiger charge is 2.32. The molecular formula is C23H26FNO5. The Hall–Kier alpha value is -3.06. The van der Waals surface area contributed by atoms with Crippen molar-refractivity contribution in [3.8, 4) is 0 Å². The summed E-state index contributed by atoms with van der Waals surface area (Å²) >= 11 is 0. The highest BCUT2D eigenvalue weighted by Crippen LogP contribution is 2.16. The van der Waals surface area contributed by atoms with Crippen molar-refractivity contribution >= 4 is 18.2 Å². The van der Waals surface area contributed by atoms with Gasteiger partial charge in [-0.05, 0) is 52.0 Å². The van der Waals surface area contributed by atoms with Gasteiger partial charge in [0.25, 0.3) is 0 Å². The first kappa shape index (κ1) is 23.2. The molecular weight excluding hydrogens is 389 g/mol. The van der Waals surface area contributed by atoms with Crippen molar-refractivity contribution in [2.75, 3.05) is 6.61 Å². The van der Waals surface area contributed by atoms with Crippen molar-refractivity contribution < 1.29 is 28.6 Å². The molecule has 3 atom stereocenters. The average molecular weight is 415 g/mol. The van der Waals surface area contributed by atoms with E-state index in [9.17, 15) is 19.1 Å². The molecule has 0 aliphatic rings. The van der Waals surface area contributed by atoms with E-state index in [0.717, 1.165) is 22.3 Å². The third kappa shape index (κ3) is 6.22. The summed E-state index contributed by atoms with van der Waals surface area (Å²) in [6, 6.07) is 10.2. The van der Waals surface area contributed by atoms with Gasteiger partial charge in [0.2, 0.25) is 0 Å². The van der Waals surface area contributed by atoms with Crippen molar-refractivity contribution in [3.63, 3.8) is 0 Å². The van der Waals surface area contributed by atoms with Crippen LogP contribution < -0.4 is 0 Å². The number of carbonyl (C=O) groups excluding carboxylic acids is 2. The second kappa shape index (κ2) is 10.1. The highest BCUT2D eigenvalue weighted by molar-refractivity contribution is 5.90. The van der Waals surface area contributed by atoms with Crippen molar-refractivity contribution in [2.45, 2.75) is 46.1 Å². The van der Waals surface area contributed by atoms with Gasteiger partial charge in [-0.3, -0.25) is 0 Å². The molecule has 0 unspecified atom stereocenters. The number of carbonyl (C=O) groups is 2. The SMILES string of the molecule is Cc1cc(C)cc(C(=O)OC[C@@H](O)[C@@H](OC(=O)c2cc(C)cc(C)c2)[C@H](F)C=N)c1. The Balaban J connectivity index is 2.09. The number of aliphatic hydroxyl groups excluding tert-OH is 1. The van der Waals surface area contributed by atoms with E-state index < -0.39 is 36.9 Å². The smallest absolute Gasteiger partial charge is 0.338 e. The van der Waals surface area contributed by atoms with E-state index in [2.05, 4.69) is 0 Å². The molecule has 0 fully saturated rings. The van der Waals surface area contributed by atoms with Crippen molar-refractivity contribution in [1.82, 2.24) is 0 Å². The van der Waals surface area contributed by atoms with E-state index in [4.69, 9.17) is 14.9 Å². The average Bonchev–Trinajstić information content (AvgIpc) is 2.67. The minimum Gasteiger partial charge on any atom is -0.459 e. The second-order valence-corrected chi connectivity index (χ2v) is 7.40. The fourth-order valence-corrected chi connectivity index (χ4v) is 3.17. The van der Waals surface area contributed by atoms with Crippen LogP contribution in [0.1, 0.15) is 43.0 Å². The Kier molecular flexibility index (Phi) is 7.83. The van der Waals surface area contributed by atoms with Gasteiger partial charge in [0, 0.05) is 6.21 Å². The van der Waals surface area contributed by atoms with Gasteiger partial charge in [0.1, 0.15) is 12.7 Å². The molecule has 6 nitrogen and oxygen atoms in total. The number of halogens is 1. The van der Waals surface area contributed by atoms with Crippen LogP contribution in [0.4, 0.5) is 4.39 Å². The molecule has 160 valence electrons. The van der Waals surface area contributed by atoms with Crippen molar-refractivity contribution in [3.05, 3.63) is 69.8 Å². The van der Waals surface area contributed by atoms with Gasteiger partial charge in [-0.2, -0.15) is 0 Å². The van der Waals surface area contributed by atoms with E-state index in [1.807, 2.05) is 26.0 Å². The lowest BCUT2D eigenvalue weighted by atomic mass is 10.1. The van der Waals surface area contributed by atoms with Crippen LogP contribution in [-0.4, -0.2) is 48.2 Å². The lowest BCUT2D eigenvalue weighted by Gasteiger charge is -2.24. The van der Waals surface area contributed by atoms with Gasteiger partial charge in [-0.25, -0.2) is 14.0 Å². The number of alkyl halides is 1. The Labute approximate surface area is 175 Å². The van der Waals surface area contributed by atoms with E-state index in [-0.39, 0.29) is 5.56 Å². The Morgan fingerprint density at radius 3 is 1.80 bits per heavy atom. The van der Waals surface area contributed by atoms with Crippen molar-refractivity contribution in [1.29, 1.82) is 5.41 Å². The molecule has 0 saturated heterocycles. The summed E-state index contributed by atoms with van der Waals surface area (Å²) in [6.45, 7) is 6.68. The molecule has 0 aliphatic carbocycles. The molecule has 2 rings (SSSR count). The number of hydrogen-bond donors (Lipinski definition) is 2. The topological polar surface area (TPSA) is 96.7 Å². The van der Waals surface area contributed by atoms with E-state index >= 15 is 0 Å². The number of hydrogen-bond acceptors (Lipinski definition) is 6. The number of esters is 2. The maximum atomic E-state index is 14.2. The van der Waals surface area contributed by atoms with Crippen LogP contribution in [0.3, 0.4) is 0 Å². The lowest BCUT2D eigenvalue weighted by Crippen LogP contribution is -2.42. The van der Waals surface area contributed by atoms with E-state index in [1.165, 1.54) is 0 Å². The monoisotopic (exact) mass is 415 g/mol. The number of rotatable bonds is 8. The minimum absolute atomic E-state index is 0.203. The van der Waals surface area contributed by atoms with E-state index in [0.29, 0.717) is 11.8 Å². The summed E-state index contributed by atoms with van der Waals surface area (Å²) in [5.74, 6) is -1.53. The molecule has 30 heavy (non-hydrogen) atoms. The second-order valence-electron chi connectivity index (χ2n) is 7.40. The van der Waals surface area contributed by atoms with Gasteiger partial charge in [0.15, 0.2) is 12.3 Å². The lowest BCUT2D eigenvalue weighted by molar-refractivity contribution is -0.0591. The van der Waals surface area contributed by atoms with Crippen LogP contribution >= 0.6 is 0 Å². The predicted molar refractivity (Wildman–Crippen MR) is 111 cm³/mol. The summed E-state index contributed by atoms with van der Waals surface area (Å²) < 4.78 is 24.4. The molecule has 0 bridgehead atoms. The molecule has 2 aromatic rings. The number of ether oxygens (including phenoxy) is 2. The van der Waals surface area contributed by atoms with Gasteiger partial charge in [-0.1, -0.05) is 34.4 Å². The third-order valence-electron chi connectivity index (χ3n) is 4.40. The van der Waals surface area contributed by atoms with Crippen molar-refractivity contribution in [2.24, 2.45) is 0 Å². The van der Waals surface area contributed by atoms with Gasteiger partial charge < -0.3 is 20.0 Å². The fraction of sp³-hybridized carbons (Fsp3) is 0.348. The number of aliphatic hydroxyl groups is 1. The van der Waals surface area contributed by atoms with Gasteiger partial charge in [-0.15, -0.1) is 0 Å². The number of benzene rings is 2. The molecule has 0 aromatic heterocycles. The van der Waals surface area contributed by atoms with Crippen LogP contribution in [0.15, 0.2) is 36.4 Å². The first-order valence-electron chi connectivity index (χ1n) is 9.48. The number of nitrogens with one attached hydrogen (secondary N) is 1. The largest absolute Gasteiger partial charge is 0.459 e. The Bertz CT molecular complexity index is 903. The molecule has 0 aliphatic heterocycles. The zero-order valence-electron chi connectivity index (χ0n) is 17.4. The number of aryl methyl sites for hydroxylation is 4. The normalized spacial score (nSPS) is 13.8. The maximum Gasteiger partial charge on any atom is 0.338 e. The van der Waals surface area contributed by atoms with Gasteiger partial charge in [0.05, 0.1) is 11.1 Å². The molecule has 7 heteroatoms. The Morgan fingerprint density at radius 1 is 0.933 bits per heavy atom. The molecule has 0 saturated carbocycles. The standard InChI is InChI=1S/C23H26FNO5/c1-13-5-14(2)8-17(7-13)22(27)29-12-20(26)21(19(24)11-25)30-23(28)18-9-15(3)6-16(4)10-18/h5-11,19-21,25-26H,12H2,1-4H3/t19-,20-,21+/m1/s1. The molecule has 2 N–H and O–H groups in total. The van der Waals surface area contributed by atoms with Gasteiger partial charge >= 0.3 is 11.9 Å². The quantitative estimate of drug-likeness (QED) is 0.507. The Morgan fingerprint density at radius 2 is 1.37 bits per heavy atom. The first-order valence-corrected chi connectivity index (χ1v) is 9.48. The fourth-order valence-electron chi connectivity index (χ4n) is 3.17. The predicted octanol–water partition coefficient (Wildman–Crippen LogP) is 3.65. The maximum absolute atomic E-state index is 14.2. The molecule has 0 radical (unpaired) electrons. The minimum atomic E-state index is -2.06. The molecule has 0 spiro atoms. The highest BCUT2D eigenvalue weighted by atomic mass is 19.1. The third-order valence-corrected chi connectivity index (χ3v) is 4.40. The first-order chi connectivity index (χ1) is 14.1. The summed E-state index contributed by atoms with van der Waals surface area (Å²) in [6.07, 6.45) is -4.97. The van der Waals surface area contributed by atoms with Crippen LogP contribution in [0.2, 0.25) is 0 Å². The summed E-state index contributed by atoms with van der Waals surface area (Å²) in [5.41, 5.74) is 3.89. The molecule has 0 amide bonds. The molecule has 2 aromatic carbocycles.